The number of aromatic nitrogens is 1. The Morgan fingerprint density at radius 2 is 1.90 bits per heavy atom. The maximum Gasteiger partial charge on any atom is 0.0438 e. The molecule has 0 amide bonds. The highest BCUT2D eigenvalue weighted by Gasteiger charge is 2.25. The highest BCUT2D eigenvalue weighted by atomic mass is 14.9. The highest BCUT2D eigenvalue weighted by Crippen LogP contribution is 2.39. The standard InChI is InChI=1S/C18H20N2/c1-3-7-17-15(5-1)13(9-11-19-17)14-10-12-20-18-8-4-2-6-16(14)18/h1,3,5,7,10,12-13,19H,2,4,6,8-9,11H2. The topological polar surface area (TPSA) is 24.9 Å². The van der Waals surface area contributed by atoms with Gasteiger partial charge in [-0.2, -0.15) is 0 Å². The molecule has 2 nitrogen and oxygen atoms in total. The molecule has 2 aromatic rings. The molecule has 0 saturated heterocycles. The van der Waals surface area contributed by atoms with Crippen LogP contribution in [0.25, 0.3) is 0 Å². The zero-order chi connectivity index (χ0) is 13.4. The third kappa shape index (κ3) is 1.91. The van der Waals surface area contributed by atoms with Gasteiger partial charge >= 0.3 is 0 Å². The van der Waals surface area contributed by atoms with E-state index in [4.69, 9.17) is 0 Å². The van der Waals surface area contributed by atoms with Crippen molar-refractivity contribution in [2.45, 2.75) is 38.0 Å². The normalized spacial score (nSPS) is 20.7. The van der Waals surface area contributed by atoms with Gasteiger partial charge in [0.25, 0.3) is 0 Å². The minimum Gasteiger partial charge on any atom is -0.385 e. The number of fused-ring (bicyclic) bond motifs is 2. The smallest absolute Gasteiger partial charge is 0.0438 e. The van der Waals surface area contributed by atoms with Crippen molar-refractivity contribution in [3.05, 3.63) is 58.9 Å². The van der Waals surface area contributed by atoms with Crippen molar-refractivity contribution in [3.8, 4) is 0 Å². The zero-order valence-electron chi connectivity index (χ0n) is 11.7. The van der Waals surface area contributed by atoms with Crippen LogP contribution in [0.15, 0.2) is 36.5 Å². The molecular weight excluding hydrogens is 244 g/mol. The van der Waals surface area contributed by atoms with Crippen molar-refractivity contribution < 1.29 is 0 Å². The average Bonchev–Trinajstić information content (AvgIpc) is 2.54. The minimum atomic E-state index is 0.544. The molecule has 2 heterocycles. The van der Waals surface area contributed by atoms with Gasteiger partial charge < -0.3 is 5.32 Å². The van der Waals surface area contributed by atoms with Gasteiger partial charge in [0.1, 0.15) is 0 Å². The van der Waals surface area contributed by atoms with Crippen LogP contribution in [0, 0.1) is 0 Å². The first kappa shape index (κ1) is 12.0. The number of pyridine rings is 1. The molecule has 4 rings (SSSR count). The molecule has 20 heavy (non-hydrogen) atoms. The Kier molecular flexibility index (Phi) is 2.95. The summed E-state index contributed by atoms with van der Waals surface area (Å²) >= 11 is 0. The second kappa shape index (κ2) is 4.93. The molecule has 1 N–H and O–H groups in total. The lowest BCUT2D eigenvalue weighted by molar-refractivity contribution is 0.640. The molecule has 1 aliphatic heterocycles. The summed E-state index contributed by atoms with van der Waals surface area (Å²) in [6, 6.07) is 11.0. The Balaban J connectivity index is 1.83. The van der Waals surface area contributed by atoms with Gasteiger partial charge in [-0.25, -0.2) is 0 Å². The summed E-state index contributed by atoms with van der Waals surface area (Å²) in [5.41, 5.74) is 7.19. The van der Waals surface area contributed by atoms with Crippen LogP contribution in [0.3, 0.4) is 0 Å². The number of rotatable bonds is 1. The van der Waals surface area contributed by atoms with Crippen LogP contribution in [-0.4, -0.2) is 11.5 Å². The quantitative estimate of drug-likeness (QED) is 0.844. The molecule has 0 bridgehead atoms. The fourth-order valence-electron chi connectivity index (χ4n) is 3.77. The maximum atomic E-state index is 4.62. The van der Waals surface area contributed by atoms with Crippen LogP contribution in [0.4, 0.5) is 5.69 Å². The molecule has 0 spiro atoms. The fraction of sp³-hybridized carbons (Fsp3) is 0.389. The van der Waals surface area contributed by atoms with Crippen molar-refractivity contribution in [1.82, 2.24) is 4.98 Å². The largest absolute Gasteiger partial charge is 0.385 e. The summed E-state index contributed by atoms with van der Waals surface area (Å²) in [6.07, 6.45) is 8.20. The summed E-state index contributed by atoms with van der Waals surface area (Å²) in [4.78, 5) is 4.62. The van der Waals surface area contributed by atoms with Crippen LogP contribution in [-0.2, 0) is 12.8 Å². The zero-order valence-corrected chi connectivity index (χ0v) is 11.7. The minimum absolute atomic E-state index is 0.544. The third-order valence-corrected chi connectivity index (χ3v) is 4.73. The number of nitrogens with zero attached hydrogens (tertiary/aromatic N) is 1. The van der Waals surface area contributed by atoms with Gasteiger partial charge in [-0.3, -0.25) is 4.98 Å². The second-order valence-electron chi connectivity index (χ2n) is 5.89. The summed E-state index contributed by atoms with van der Waals surface area (Å²) in [6.45, 7) is 1.07. The monoisotopic (exact) mass is 264 g/mol. The predicted octanol–water partition coefficient (Wildman–Crippen LogP) is 3.91. The van der Waals surface area contributed by atoms with Crippen molar-refractivity contribution in [2.24, 2.45) is 0 Å². The van der Waals surface area contributed by atoms with Gasteiger partial charge in [0.05, 0.1) is 0 Å². The molecule has 0 saturated carbocycles. The summed E-state index contributed by atoms with van der Waals surface area (Å²) in [5, 5.41) is 3.53. The van der Waals surface area contributed by atoms with E-state index in [-0.39, 0.29) is 0 Å². The first-order chi connectivity index (χ1) is 9.93. The number of hydrogen-bond acceptors (Lipinski definition) is 2. The van der Waals surface area contributed by atoms with Crippen LogP contribution in [0.2, 0.25) is 0 Å². The molecule has 102 valence electrons. The number of anilines is 1. The van der Waals surface area contributed by atoms with E-state index in [1.54, 1.807) is 5.56 Å². The van der Waals surface area contributed by atoms with E-state index in [1.165, 1.54) is 48.2 Å². The molecule has 2 heteroatoms. The van der Waals surface area contributed by atoms with Gasteiger partial charge in [0, 0.05) is 30.0 Å². The number of benzene rings is 1. The molecule has 1 aliphatic carbocycles. The van der Waals surface area contributed by atoms with Crippen LogP contribution < -0.4 is 5.32 Å². The van der Waals surface area contributed by atoms with Gasteiger partial charge in [-0.15, -0.1) is 0 Å². The SMILES string of the molecule is c1ccc2c(c1)NCCC2c1ccnc2c1CCCC2. The van der Waals surface area contributed by atoms with Crippen molar-refractivity contribution in [2.75, 3.05) is 11.9 Å². The van der Waals surface area contributed by atoms with Gasteiger partial charge in [-0.1, -0.05) is 18.2 Å². The average molecular weight is 264 g/mol. The molecule has 1 aromatic heterocycles. The van der Waals surface area contributed by atoms with E-state index < -0.39 is 0 Å². The summed E-state index contributed by atoms with van der Waals surface area (Å²) in [7, 11) is 0. The van der Waals surface area contributed by atoms with Crippen molar-refractivity contribution in [3.63, 3.8) is 0 Å². The van der Waals surface area contributed by atoms with Crippen molar-refractivity contribution >= 4 is 5.69 Å². The highest BCUT2D eigenvalue weighted by molar-refractivity contribution is 5.58. The Bertz CT molecular complexity index is 633. The Labute approximate surface area is 120 Å². The Morgan fingerprint density at radius 3 is 2.90 bits per heavy atom. The number of aryl methyl sites for hydroxylation is 1. The molecular formula is C18H20N2. The summed E-state index contributed by atoms with van der Waals surface area (Å²) < 4.78 is 0. The lowest BCUT2D eigenvalue weighted by Crippen LogP contribution is -2.20. The Hall–Kier alpha value is -1.83. The molecule has 1 aromatic carbocycles. The lowest BCUT2D eigenvalue weighted by Gasteiger charge is -2.30. The molecule has 1 unspecified atom stereocenters. The van der Waals surface area contributed by atoms with E-state index >= 15 is 0 Å². The molecule has 2 aliphatic rings. The van der Waals surface area contributed by atoms with Crippen LogP contribution in [0.5, 0.6) is 0 Å². The molecule has 1 atom stereocenters. The van der Waals surface area contributed by atoms with E-state index in [0.29, 0.717) is 5.92 Å². The Morgan fingerprint density at radius 1 is 1.00 bits per heavy atom. The second-order valence-corrected chi connectivity index (χ2v) is 5.89. The lowest BCUT2D eigenvalue weighted by atomic mass is 9.80. The first-order valence-corrected chi connectivity index (χ1v) is 7.73. The van der Waals surface area contributed by atoms with E-state index in [2.05, 4.69) is 40.6 Å². The summed E-state index contributed by atoms with van der Waals surface area (Å²) in [5.74, 6) is 0.544. The number of nitrogens with one attached hydrogen (secondary N) is 1. The van der Waals surface area contributed by atoms with E-state index in [9.17, 15) is 0 Å². The van der Waals surface area contributed by atoms with Crippen molar-refractivity contribution in [1.29, 1.82) is 0 Å². The molecule has 0 fully saturated rings. The first-order valence-electron chi connectivity index (χ1n) is 7.73. The number of para-hydroxylation sites is 1. The molecule has 0 radical (unpaired) electrons. The van der Waals surface area contributed by atoms with Gasteiger partial charge in [0.2, 0.25) is 0 Å². The van der Waals surface area contributed by atoms with Crippen LogP contribution in [0.1, 0.15) is 47.6 Å². The van der Waals surface area contributed by atoms with Crippen LogP contribution >= 0.6 is 0 Å². The predicted molar refractivity (Wildman–Crippen MR) is 82.3 cm³/mol. The van der Waals surface area contributed by atoms with E-state index in [0.717, 1.165) is 13.0 Å². The maximum absolute atomic E-state index is 4.62. The van der Waals surface area contributed by atoms with Gasteiger partial charge in [0.15, 0.2) is 0 Å². The van der Waals surface area contributed by atoms with Gasteiger partial charge in [-0.05, 0) is 60.9 Å². The van der Waals surface area contributed by atoms with E-state index in [1.807, 2.05) is 6.20 Å². The number of hydrogen-bond donors (Lipinski definition) is 1. The third-order valence-electron chi connectivity index (χ3n) is 4.73. The fourth-order valence-corrected chi connectivity index (χ4v) is 3.77.